The number of allylic oxidation sites excluding steroid dienone is 3. The number of aliphatic hydroxyl groups excluding tert-OH is 3. The molecule has 0 unspecified atom stereocenters. The van der Waals surface area contributed by atoms with E-state index in [4.69, 9.17) is 0 Å². The van der Waals surface area contributed by atoms with Crippen LogP contribution in [0.4, 0.5) is 0 Å². The van der Waals surface area contributed by atoms with Gasteiger partial charge in [0.15, 0.2) is 0 Å². The van der Waals surface area contributed by atoms with E-state index in [1.54, 1.807) is 0 Å². The third kappa shape index (κ3) is 5.30. The highest BCUT2D eigenvalue weighted by Gasteiger charge is 2.43. The molecule has 0 saturated heterocycles. The van der Waals surface area contributed by atoms with Crippen molar-refractivity contribution in [3.05, 3.63) is 35.5 Å². The zero-order valence-corrected chi connectivity index (χ0v) is 14.5. The predicted octanol–water partition coefficient (Wildman–Crippen LogP) is 3.37. The second kappa shape index (κ2) is 8.81. The minimum absolute atomic E-state index is 0.112. The summed E-state index contributed by atoms with van der Waals surface area (Å²) in [5, 5.41) is 29.6. The van der Waals surface area contributed by atoms with Gasteiger partial charge in [0, 0.05) is 5.92 Å². The third-order valence-corrected chi connectivity index (χ3v) is 5.22. The lowest BCUT2D eigenvalue weighted by molar-refractivity contribution is 0.139. The Morgan fingerprint density at radius 3 is 2.83 bits per heavy atom. The van der Waals surface area contributed by atoms with E-state index in [0.717, 1.165) is 44.1 Å². The Balaban J connectivity index is 1.75. The van der Waals surface area contributed by atoms with Crippen LogP contribution in [0.25, 0.3) is 0 Å². The summed E-state index contributed by atoms with van der Waals surface area (Å²) in [5.41, 5.74) is 2.45. The molecule has 0 spiro atoms. The van der Waals surface area contributed by atoms with Crippen LogP contribution in [-0.2, 0) is 0 Å². The topological polar surface area (TPSA) is 60.7 Å². The van der Waals surface area contributed by atoms with E-state index in [1.807, 2.05) is 12.2 Å². The van der Waals surface area contributed by atoms with Gasteiger partial charge < -0.3 is 15.3 Å². The molecule has 0 bridgehead atoms. The standard InChI is InChI=1S/C20H32O3/c1-14(2)6-4-3-5-7-17(22)8-9-18-19-11-15(13-21)10-16(19)12-20(18)23/h6,8-10,16-23H,3-5,7,11-13H2,1-2H3/b9-8+/t16-,17-,18+,19-,20+/m0/s1. The predicted molar refractivity (Wildman–Crippen MR) is 93.9 cm³/mol. The maximum Gasteiger partial charge on any atom is 0.0721 e. The zero-order valence-electron chi connectivity index (χ0n) is 14.5. The molecule has 1 saturated carbocycles. The van der Waals surface area contributed by atoms with Gasteiger partial charge in [-0.1, -0.05) is 36.3 Å². The van der Waals surface area contributed by atoms with Crippen LogP contribution in [0.3, 0.4) is 0 Å². The number of unbranched alkanes of at least 4 members (excludes halogenated alkanes) is 2. The van der Waals surface area contributed by atoms with E-state index in [9.17, 15) is 15.3 Å². The number of hydrogen-bond donors (Lipinski definition) is 3. The molecule has 130 valence electrons. The van der Waals surface area contributed by atoms with Crippen molar-refractivity contribution in [1.82, 2.24) is 0 Å². The van der Waals surface area contributed by atoms with Crippen LogP contribution in [0.5, 0.6) is 0 Å². The highest BCUT2D eigenvalue weighted by Crippen LogP contribution is 2.47. The van der Waals surface area contributed by atoms with Gasteiger partial charge in [0.2, 0.25) is 0 Å². The average molecular weight is 320 g/mol. The van der Waals surface area contributed by atoms with Crippen LogP contribution in [0, 0.1) is 17.8 Å². The Bertz CT molecular complexity index is 460. The van der Waals surface area contributed by atoms with Crippen LogP contribution in [-0.4, -0.2) is 34.1 Å². The molecule has 3 N–H and O–H groups in total. The van der Waals surface area contributed by atoms with E-state index in [-0.39, 0.29) is 18.6 Å². The highest BCUT2D eigenvalue weighted by molar-refractivity contribution is 5.21. The van der Waals surface area contributed by atoms with Crippen molar-refractivity contribution in [2.75, 3.05) is 6.61 Å². The fourth-order valence-electron chi connectivity index (χ4n) is 3.96. The van der Waals surface area contributed by atoms with Crippen molar-refractivity contribution < 1.29 is 15.3 Å². The lowest BCUT2D eigenvalue weighted by atomic mass is 9.89. The SMILES string of the molecule is CC(C)=CCCCC[C@H](O)/C=C/[C@@H]1[C@H]2CC(CO)=C[C@H]2C[C@H]1O. The Hall–Kier alpha value is -0.900. The maximum atomic E-state index is 10.2. The van der Waals surface area contributed by atoms with Gasteiger partial charge in [0.25, 0.3) is 0 Å². The number of fused-ring (bicyclic) bond motifs is 1. The Morgan fingerprint density at radius 1 is 1.35 bits per heavy atom. The van der Waals surface area contributed by atoms with Crippen LogP contribution in [0.15, 0.2) is 35.5 Å². The van der Waals surface area contributed by atoms with Crippen molar-refractivity contribution in [2.45, 2.75) is 64.6 Å². The summed E-state index contributed by atoms with van der Waals surface area (Å²) in [5.74, 6) is 0.900. The second-order valence-corrected chi connectivity index (χ2v) is 7.41. The second-order valence-electron chi connectivity index (χ2n) is 7.41. The third-order valence-electron chi connectivity index (χ3n) is 5.22. The van der Waals surface area contributed by atoms with Crippen molar-refractivity contribution in [1.29, 1.82) is 0 Å². The summed E-state index contributed by atoms with van der Waals surface area (Å²) in [6.45, 7) is 4.35. The molecule has 0 aliphatic heterocycles. The van der Waals surface area contributed by atoms with Crippen molar-refractivity contribution in [3.8, 4) is 0 Å². The minimum Gasteiger partial charge on any atom is -0.392 e. The van der Waals surface area contributed by atoms with E-state index >= 15 is 0 Å². The van der Waals surface area contributed by atoms with Gasteiger partial charge in [-0.3, -0.25) is 0 Å². The molecule has 3 heteroatoms. The molecule has 0 amide bonds. The molecule has 23 heavy (non-hydrogen) atoms. The number of rotatable bonds is 8. The largest absolute Gasteiger partial charge is 0.392 e. The normalized spacial score (nSPS) is 31.3. The molecular weight excluding hydrogens is 288 g/mol. The Morgan fingerprint density at radius 2 is 2.13 bits per heavy atom. The molecule has 3 nitrogen and oxygen atoms in total. The van der Waals surface area contributed by atoms with Gasteiger partial charge in [0.05, 0.1) is 18.8 Å². The quantitative estimate of drug-likeness (QED) is 0.475. The number of hydrogen-bond acceptors (Lipinski definition) is 3. The van der Waals surface area contributed by atoms with Crippen molar-refractivity contribution in [3.63, 3.8) is 0 Å². The first-order valence-electron chi connectivity index (χ1n) is 8.99. The first-order valence-corrected chi connectivity index (χ1v) is 8.99. The van der Waals surface area contributed by atoms with Gasteiger partial charge in [-0.2, -0.15) is 0 Å². The minimum atomic E-state index is -0.417. The fourth-order valence-corrected chi connectivity index (χ4v) is 3.96. The molecular formula is C20H32O3. The monoisotopic (exact) mass is 320 g/mol. The molecule has 0 radical (unpaired) electrons. The van der Waals surface area contributed by atoms with E-state index in [1.165, 1.54) is 5.57 Å². The summed E-state index contributed by atoms with van der Waals surface area (Å²) in [6.07, 6.45) is 13.2. The summed E-state index contributed by atoms with van der Waals surface area (Å²) in [4.78, 5) is 0. The lowest BCUT2D eigenvalue weighted by Gasteiger charge is -2.18. The van der Waals surface area contributed by atoms with Gasteiger partial charge in [0.1, 0.15) is 0 Å². The lowest BCUT2D eigenvalue weighted by Crippen LogP contribution is -2.18. The molecule has 1 fully saturated rings. The van der Waals surface area contributed by atoms with E-state index in [2.05, 4.69) is 26.0 Å². The highest BCUT2D eigenvalue weighted by atomic mass is 16.3. The molecule has 0 aromatic carbocycles. The van der Waals surface area contributed by atoms with Gasteiger partial charge >= 0.3 is 0 Å². The molecule has 0 aromatic heterocycles. The van der Waals surface area contributed by atoms with Crippen molar-refractivity contribution in [2.24, 2.45) is 17.8 Å². The molecule has 0 heterocycles. The number of aliphatic hydroxyl groups is 3. The molecule has 5 atom stereocenters. The molecule has 2 aliphatic rings. The van der Waals surface area contributed by atoms with Crippen LogP contribution >= 0.6 is 0 Å². The van der Waals surface area contributed by atoms with Gasteiger partial charge in [-0.15, -0.1) is 0 Å². The first kappa shape index (κ1) is 18.4. The molecule has 2 aliphatic carbocycles. The smallest absolute Gasteiger partial charge is 0.0721 e. The van der Waals surface area contributed by atoms with Gasteiger partial charge in [-0.25, -0.2) is 0 Å². The van der Waals surface area contributed by atoms with Crippen LogP contribution in [0.1, 0.15) is 52.4 Å². The Labute approximate surface area is 140 Å². The van der Waals surface area contributed by atoms with Crippen molar-refractivity contribution >= 4 is 0 Å². The van der Waals surface area contributed by atoms with E-state index < -0.39 is 6.10 Å². The fraction of sp³-hybridized carbons (Fsp3) is 0.700. The maximum absolute atomic E-state index is 10.2. The van der Waals surface area contributed by atoms with Crippen LogP contribution in [0.2, 0.25) is 0 Å². The average Bonchev–Trinajstić information content (AvgIpc) is 3.01. The van der Waals surface area contributed by atoms with Crippen LogP contribution < -0.4 is 0 Å². The summed E-state index contributed by atoms with van der Waals surface area (Å²) >= 11 is 0. The van der Waals surface area contributed by atoms with E-state index in [0.29, 0.717) is 11.8 Å². The molecule has 2 rings (SSSR count). The molecule has 0 aromatic rings. The Kier molecular flexibility index (Phi) is 7.07. The zero-order chi connectivity index (χ0) is 16.8. The van der Waals surface area contributed by atoms with Gasteiger partial charge in [-0.05, 0) is 63.4 Å². The summed E-state index contributed by atoms with van der Waals surface area (Å²) in [7, 11) is 0. The summed E-state index contributed by atoms with van der Waals surface area (Å²) < 4.78 is 0. The first-order chi connectivity index (χ1) is 11.0. The summed E-state index contributed by atoms with van der Waals surface area (Å²) in [6, 6.07) is 0.